The van der Waals surface area contributed by atoms with Crippen LogP contribution in [0.2, 0.25) is 0 Å². The molecule has 0 saturated carbocycles. The van der Waals surface area contributed by atoms with Crippen LogP contribution in [0.15, 0.2) is 66.6 Å². The summed E-state index contributed by atoms with van der Waals surface area (Å²) in [5.74, 6) is -1.59. The molecule has 2 amide bonds. The normalized spacial score (nSPS) is 19.4. The van der Waals surface area contributed by atoms with E-state index >= 15 is 0 Å². The average molecular weight is 544 g/mol. The molecule has 2 saturated heterocycles. The first kappa shape index (κ1) is 26.1. The Hall–Kier alpha value is -4.14. The fourth-order valence-corrected chi connectivity index (χ4v) is 6.38. The molecule has 1 unspecified atom stereocenters. The van der Waals surface area contributed by atoms with Gasteiger partial charge in [-0.2, -0.15) is 0 Å². The molecule has 0 bridgehead atoms. The highest BCUT2D eigenvalue weighted by molar-refractivity contribution is 5.96. The zero-order valence-corrected chi connectivity index (χ0v) is 22.6. The molecule has 3 aliphatic rings. The van der Waals surface area contributed by atoms with Crippen molar-refractivity contribution in [3.8, 4) is 0 Å². The average Bonchev–Trinajstić information content (AvgIpc) is 3.47. The number of carbonyl (C=O) groups is 2. The Morgan fingerprint density at radius 2 is 1.60 bits per heavy atom. The van der Waals surface area contributed by atoms with Gasteiger partial charge in [0.25, 0.3) is 11.8 Å². The van der Waals surface area contributed by atoms with Crippen molar-refractivity contribution in [3.63, 3.8) is 0 Å². The first-order valence-corrected chi connectivity index (χ1v) is 13.6. The van der Waals surface area contributed by atoms with Crippen molar-refractivity contribution in [2.24, 2.45) is 5.92 Å². The molecular formula is C31H31F2N5O2. The number of halogens is 2. The molecule has 3 aromatic rings. The van der Waals surface area contributed by atoms with Gasteiger partial charge >= 0.3 is 0 Å². The van der Waals surface area contributed by atoms with Crippen molar-refractivity contribution in [2.75, 3.05) is 39.3 Å². The topological polar surface area (TPSA) is 69.6 Å². The predicted octanol–water partition coefficient (Wildman–Crippen LogP) is 4.13. The maximum atomic E-state index is 13.7. The van der Waals surface area contributed by atoms with Gasteiger partial charge in [-0.15, -0.1) is 0 Å². The number of fused-ring (bicyclic) bond motifs is 1. The van der Waals surface area contributed by atoms with E-state index in [4.69, 9.17) is 0 Å². The van der Waals surface area contributed by atoms with Crippen LogP contribution >= 0.6 is 0 Å². The summed E-state index contributed by atoms with van der Waals surface area (Å²) in [6, 6.07) is 13.1. The Kier molecular flexibility index (Phi) is 6.60. The van der Waals surface area contributed by atoms with Crippen LogP contribution < -0.4 is 0 Å². The molecule has 2 fully saturated rings. The third-order valence-corrected chi connectivity index (χ3v) is 8.52. The van der Waals surface area contributed by atoms with Gasteiger partial charge in [0, 0.05) is 68.4 Å². The highest BCUT2D eigenvalue weighted by atomic mass is 19.1. The van der Waals surface area contributed by atoms with Crippen molar-refractivity contribution >= 4 is 11.8 Å². The van der Waals surface area contributed by atoms with Gasteiger partial charge < -0.3 is 14.7 Å². The van der Waals surface area contributed by atoms with Gasteiger partial charge in [0.05, 0.1) is 17.0 Å². The van der Waals surface area contributed by atoms with E-state index in [1.165, 1.54) is 11.9 Å². The smallest absolute Gasteiger partial charge is 0.257 e. The molecule has 0 aliphatic carbocycles. The monoisotopic (exact) mass is 543 g/mol. The summed E-state index contributed by atoms with van der Waals surface area (Å²) >= 11 is 0. The van der Waals surface area contributed by atoms with Crippen LogP contribution in [-0.2, 0) is 5.41 Å². The number of hydrogen-bond acceptors (Lipinski definition) is 5. The van der Waals surface area contributed by atoms with Crippen LogP contribution in [0, 0.1) is 31.4 Å². The Balaban J connectivity index is 1.12. The van der Waals surface area contributed by atoms with Crippen LogP contribution in [-0.4, -0.2) is 75.8 Å². The molecule has 0 N–H and O–H groups in total. The van der Waals surface area contributed by atoms with E-state index in [1.54, 1.807) is 4.90 Å². The fraction of sp³-hybridized carbons (Fsp3) is 0.355. The van der Waals surface area contributed by atoms with Crippen LogP contribution in [0.5, 0.6) is 0 Å². The minimum absolute atomic E-state index is 0.0158. The lowest BCUT2D eigenvalue weighted by molar-refractivity contribution is 0.0340. The van der Waals surface area contributed by atoms with E-state index in [-0.39, 0.29) is 22.8 Å². The molecule has 1 aromatic heterocycles. The standard InChI is InChI=1S/C31H31F2N5O2/c1-20-28(21(2)35-19-34-20)30(40)37-15-23-13-36(14-24(23)16-37)9-8-31(25-6-4-3-5-7-25)17-38(18-31)29(39)22-10-26(32)12-27(33)11-22/h3-7,10-13,19,24H,8-9,14-18H2,1-2H3. The lowest BCUT2D eigenvalue weighted by atomic mass is 9.71. The number of amides is 2. The molecule has 206 valence electrons. The number of carbonyl (C=O) groups excluding carboxylic acids is 2. The van der Waals surface area contributed by atoms with Gasteiger partial charge in [-0.25, -0.2) is 18.7 Å². The summed E-state index contributed by atoms with van der Waals surface area (Å²) < 4.78 is 27.4. The number of rotatable bonds is 6. The molecule has 9 heteroatoms. The maximum Gasteiger partial charge on any atom is 0.257 e. The molecule has 4 heterocycles. The Morgan fingerprint density at radius 3 is 2.25 bits per heavy atom. The highest BCUT2D eigenvalue weighted by Gasteiger charge is 2.47. The van der Waals surface area contributed by atoms with E-state index in [0.29, 0.717) is 49.0 Å². The lowest BCUT2D eigenvalue weighted by Gasteiger charge is -2.51. The third kappa shape index (κ3) is 4.74. The number of aryl methyl sites for hydroxylation is 2. The number of hydrogen-bond donors (Lipinski definition) is 0. The first-order valence-electron chi connectivity index (χ1n) is 13.6. The van der Waals surface area contributed by atoms with Crippen molar-refractivity contribution in [2.45, 2.75) is 25.7 Å². The zero-order chi connectivity index (χ0) is 28.0. The second kappa shape index (κ2) is 10.1. The van der Waals surface area contributed by atoms with Crippen LogP contribution in [0.25, 0.3) is 0 Å². The SMILES string of the molecule is Cc1ncnc(C)c1C(=O)N1CC2=CN(CCC3(c4ccccc4)CN(C(=O)c4cc(F)cc(F)c4)C3)CC2C1. The van der Waals surface area contributed by atoms with Gasteiger partial charge in [-0.05, 0) is 43.5 Å². The molecule has 2 aromatic carbocycles. The number of likely N-dealkylation sites (tertiary alicyclic amines) is 2. The number of aromatic nitrogens is 2. The fourth-order valence-electron chi connectivity index (χ4n) is 6.38. The third-order valence-electron chi connectivity index (χ3n) is 8.52. The molecule has 0 spiro atoms. The summed E-state index contributed by atoms with van der Waals surface area (Å²) in [7, 11) is 0. The highest BCUT2D eigenvalue weighted by Crippen LogP contribution is 2.40. The van der Waals surface area contributed by atoms with Crippen molar-refractivity contribution in [1.82, 2.24) is 24.7 Å². The van der Waals surface area contributed by atoms with Gasteiger partial charge in [0.2, 0.25) is 0 Å². The summed E-state index contributed by atoms with van der Waals surface area (Å²) in [5.41, 5.74) is 4.21. The second-order valence-electron chi connectivity index (χ2n) is 11.2. The molecule has 1 atom stereocenters. The largest absolute Gasteiger partial charge is 0.377 e. The molecule has 6 rings (SSSR count). The van der Waals surface area contributed by atoms with Crippen LogP contribution in [0.3, 0.4) is 0 Å². The van der Waals surface area contributed by atoms with Crippen molar-refractivity contribution in [3.05, 3.63) is 106 Å². The van der Waals surface area contributed by atoms with Crippen LogP contribution in [0.1, 0.15) is 44.1 Å². The van der Waals surface area contributed by atoms with Gasteiger partial charge in [-0.1, -0.05) is 30.3 Å². The Morgan fingerprint density at radius 1 is 0.925 bits per heavy atom. The lowest BCUT2D eigenvalue weighted by Crippen LogP contribution is -2.62. The van der Waals surface area contributed by atoms with Crippen LogP contribution in [0.4, 0.5) is 8.78 Å². The second-order valence-corrected chi connectivity index (χ2v) is 11.2. The molecule has 40 heavy (non-hydrogen) atoms. The first-order chi connectivity index (χ1) is 19.2. The van der Waals surface area contributed by atoms with Crippen molar-refractivity contribution in [1.29, 1.82) is 0 Å². The summed E-state index contributed by atoms with van der Waals surface area (Å²) in [4.78, 5) is 40.5. The molecule has 0 radical (unpaired) electrons. The predicted molar refractivity (Wildman–Crippen MR) is 146 cm³/mol. The van der Waals surface area contributed by atoms with E-state index < -0.39 is 11.6 Å². The quantitative estimate of drug-likeness (QED) is 0.468. The van der Waals surface area contributed by atoms with E-state index in [1.807, 2.05) is 36.9 Å². The molecule has 3 aliphatic heterocycles. The summed E-state index contributed by atoms with van der Waals surface area (Å²) in [5, 5.41) is 0. The van der Waals surface area contributed by atoms with E-state index in [0.717, 1.165) is 43.3 Å². The Labute approximate surface area is 232 Å². The van der Waals surface area contributed by atoms with Gasteiger partial charge in [-0.3, -0.25) is 9.59 Å². The molecular weight excluding hydrogens is 512 g/mol. The summed E-state index contributed by atoms with van der Waals surface area (Å²) in [6.07, 6.45) is 4.51. The van der Waals surface area contributed by atoms with Gasteiger partial charge in [0.1, 0.15) is 18.0 Å². The van der Waals surface area contributed by atoms with Gasteiger partial charge in [0.15, 0.2) is 0 Å². The maximum absolute atomic E-state index is 13.7. The molecule has 7 nitrogen and oxygen atoms in total. The Bertz CT molecular complexity index is 1460. The minimum atomic E-state index is -0.756. The minimum Gasteiger partial charge on any atom is -0.377 e. The number of nitrogens with zero attached hydrogens (tertiary/aromatic N) is 5. The van der Waals surface area contributed by atoms with E-state index in [9.17, 15) is 18.4 Å². The number of benzene rings is 2. The zero-order valence-electron chi connectivity index (χ0n) is 22.6. The van der Waals surface area contributed by atoms with E-state index in [2.05, 4.69) is 33.2 Å². The van der Waals surface area contributed by atoms with Crippen molar-refractivity contribution < 1.29 is 18.4 Å². The summed E-state index contributed by atoms with van der Waals surface area (Å²) in [6.45, 7) is 7.59.